The molecule has 1 rings (SSSR count). The van der Waals surface area contributed by atoms with Crippen molar-refractivity contribution < 1.29 is 19.4 Å². The van der Waals surface area contributed by atoms with Crippen LogP contribution in [0.2, 0.25) is 0 Å². The van der Waals surface area contributed by atoms with E-state index in [4.69, 9.17) is 4.74 Å². The second-order valence-corrected chi connectivity index (χ2v) is 8.00. The van der Waals surface area contributed by atoms with Crippen molar-refractivity contribution in [2.45, 2.75) is 109 Å². The number of carbonyl (C=O) groups is 2. The van der Waals surface area contributed by atoms with Crippen LogP contribution in [0.25, 0.3) is 0 Å². The number of esters is 2. The Morgan fingerprint density at radius 3 is 1.87 bits per heavy atom. The molecule has 0 amide bonds. The van der Waals surface area contributed by atoms with Crippen LogP contribution in [0.15, 0.2) is 30.3 Å². The Hall–Kier alpha value is -1.15. The Labute approximate surface area is 193 Å². The first kappa shape index (κ1) is 28.9. The van der Waals surface area contributed by atoms with Gasteiger partial charge >= 0.3 is 11.9 Å². The SMILES string of the molecule is CCCCCCC(O)CCCCCCCCCCC(=O)OC(=O)c1ccccc1.[AlH3]. The van der Waals surface area contributed by atoms with E-state index in [2.05, 4.69) is 6.92 Å². The van der Waals surface area contributed by atoms with Gasteiger partial charge in [0.2, 0.25) is 0 Å². The molecule has 0 radical (unpaired) electrons. The zero-order chi connectivity index (χ0) is 21.2. The smallest absolute Gasteiger partial charge is 0.345 e. The summed E-state index contributed by atoms with van der Waals surface area (Å²) in [5.74, 6) is -1.01. The summed E-state index contributed by atoms with van der Waals surface area (Å²) < 4.78 is 4.87. The molecule has 170 valence electrons. The lowest BCUT2D eigenvalue weighted by atomic mass is 10.0. The second kappa shape index (κ2) is 19.8. The minimum atomic E-state index is -0.568. The predicted molar refractivity (Wildman–Crippen MR) is 128 cm³/mol. The second-order valence-electron chi connectivity index (χ2n) is 8.00. The van der Waals surface area contributed by atoms with Gasteiger partial charge in [0, 0.05) is 6.42 Å². The van der Waals surface area contributed by atoms with Crippen LogP contribution in [0.4, 0.5) is 0 Å². The van der Waals surface area contributed by atoms with Crippen LogP contribution in [0.1, 0.15) is 114 Å². The monoisotopic (exact) mass is 434 g/mol. The molecule has 1 aromatic rings. The van der Waals surface area contributed by atoms with Crippen molar-refractivity contribution in [2.75, 3.05) is 0 Å². The van der Waals surface area contributed by atoms with Crippen LogP contribution in [-0.4, -0.2) is 40.5 Å². The van der Waals surface area contributed by atoms with E-state index in [9.17, 15) is 14.7 Å². The van der Waals surface area contributed by atoms with Crippen LogP contribution in [0.3, 0.4) is 0 Å². The molecule has 1 N–H and O–H groups in total. The largest absolute Gasteiger partial charge is 0.393 e. The molecule has 0 spiro atoms. The third-order valence-electron chi connectivity index (χ3n) is 5.28. The molecule has 0 aliphatic rings. The van der Waals surface area contributed by atoms with Crippen molar-refractivity contribution in [1.29, 1.82) is 0 Å². The number of unbranched alkanes of at least 4 members (excludes halogenated alkanes) is 10. The van der Waals surface area contributed by atoms with E-state index in [1.165, 1.54) is 44.9 Å². The number of hydrogen-bond acceptors (Lipinski definition) is 4. The summed E-state index contributed by atoms with van der Waals surface area (Å²) in [5, 5.41) is 9.95. The number of carbonyl (C=O) groups excluding carboxylic acids is 2. The van der Waals surface area contributed by atoms with Crippen LogP contribution >= 0.6 is 0 Å². The fourth-order valence-electron chi connectivity index (χ4n) is 3.45. The summed E-state index contributed by atoms with van der Waals surface area (Å²) >= 11 is 0. The standard InChI is InChI=1S/C25H40O4.Al.3H/c1-2-3-4-14-19-23(26)20-15-9-7-5-6-8-10-16-21-24(27)29-25(28)22-17-12-11-13-18-22;;;;/h11-13,17-18,23,26H,2-10,14-16,19-21H2,1H3;;;;. The van der Waals surface area contributed by atoms with Crippen molar-refractivity contribution in [3.05, 3.63) is 35.9 Å². The van der Waals surface area contributed by atoms with Gasteiger partial charge in [-0.15, -0.1) is 0 Å². The summed E-state index contributed by atoms with van der Waals surface area (Å²) in [6, 6.07) is 8.60. The highest BCUT2D eigenvalue weighted by molar-refractivity contribution is 5.96. The van der Waals surface area contributed by atoms with E-state index >= 15 is 0 Å². The van der Waals surface area contributed by atoms with Gasteiger partial charge in [0.05, 0.1) is 11.7 Å². The minimum absolute atomic E-state index is 0. The maximum absolute atomic E-state index is 11.8. The molecular formula is C25H43AlO4. The topological polar surface area (TPSA) is 63.6 Å². The number of aliphatic hydroxyl groups excluding tert-OH is 1. The Morgan fingerprint density at radius 1 is 0.800 bits per heavy atom. The Balaban J connectivity index is 0.00000841. The highest BCUT2D eigenvalue weighted by Crippen LogP contribution is 2.14. The van der Waals surface area contributed by atoms with Gasteiger partial charge in [-0.3, -0.25) is 4.79 Å². The molecule has 0 heterocycles. The Bertz CT molecular complexity index is 547. The normalized spacial score (nSPS) is 11.5. The van der Waals surface area contributed by atoms with E-state index in [0.717, 1.165) is 44.9 Å². The summed E-state index contributed by atoms with van der Waals surface area (Å²) in [7, 11) is 0. The molecule has 0 aliphatic heterocycles. The molecule has 30 heavy (non-hydrogen) atoms. The lowest BCUT2D eigenvalue weighted by Gasteiger charge is -2.10. The Kier molecular flexibility index (Phi) is 19.0. The number of ether oxygens (including phenoxy) is 1. The van der Waals surface area contributed by atoms with Gasteiger partial charge in [-0.2, -0.15) is 0 Å². The molecule has 0 saturated carbocycles. The first-order chi connectivity index (χ1) is 14.1. The van der Waals surface area contributed by atoms with Gasteiger partial charge in [-0.25, -0.2) is 4.79 Å². The molecule has 0 fully saturated rings. The van der Waals surface area contributed by atoms with Gasteiger partial charge in [0.1, 0.15) is 0 Å². The molecule has 0 bridgehead atoms. The molecule has 0 aromatic heterocycles. The highest BCUT2D eigenvalue weighted by Gasteiger charge is 2.11. The van der Waals surface area contributed by atoms with Gasteiger partial charge in [-0.1, -0.05) is 95.8 Å². The molecule has 4 nitrogen and oxygen atoms in total. The summed E-state index contributed by atoms with van der Waals surface area (Å²) in [4.78, 5) is 23.5. The van der Waals surface area contributed by atoms with E-state index in [1.807, 2.05) is 6.07 Å². The molecule has 1 aromatic carbocycles. The lowest BCUT2D eigenvalue weighted by Crippen LogP contribution is -2.12. The third kappa shape index (κ3) is 15.7. The molecule has 0 saturated heterocycles. The maximum atomic E-state index is 11.8. The van der Waals surface area contributed by atoms with Crippen molar-refractivity contribution in [2.24, 2.45) is 0 Å². The quantitative estimate of drug-likeness (QED) is 0.154. The van der Waals surface area contributed by atoms with Crippen molar-refractivity contribution in [3.8, 4) is 0 Å². The number of hydrogen-bond donors (Lipinski definition) is 1. The number of benzene rings is 1. The molecule has 1 unspecified atom stereocenters. The van der Waals surface area contributed by atoms with Gasteiger partial charge in [0.25, 0.3) is 0 Å². The fourth-order valence-corrected chi connectivity index (χ4v) is 3.45. The molecule has 0 aliphatic carbocycles. The van der Waals surface area contributed by atoms with Crippen LogP contribution in [-0.2, 0) is 9.53 Å². The average Bonchev–Trinajstić information content (AvgIpc) is 2.73. The first-order valence-corrected chi connectivity index (χ1v) is 11.6. The Morgan fingerprint density at radius 2 is 1.30 bits per heavy atom. The molecular weight excluding hydrogens is 391 g/mol. The predicted octanol–water partition coefficient (Wildman–Crippen LogP) is 5.42. The van der Waals surface area contributed by atoms with Gasteiger partial charge in [0.15, 0.2) is 17.4 Å². The highest BCUT2D eigenvalue weighted by atomic mass is 27.0. The zero-order valence-corrected chi connectivity index (χ0v) is 18.2. The average molecular weight is 435 g/mol. The number of rotatable bonds is 17. The van der Waals surface area contributed by atoms with Crippen molar-refractivity contribution >= 4 is 29.3 Å². The van der Waals surface area contributed by atoms with E-state index in [1.54, 1.807) is 24.3 Å². The maximum Gasteiger partial charge on any atom is 0.345 e. The third-order valence-corrected chi connectivity index (χ3v) is 5.28. The minimum Gasteiger partial charge on any atom is -0.393 e. The first-order valence-electron chi connectivity index (χ1n) is 11.6. The summed E-state index contributed by atoms with van der Waals surface area (Å²) in [5.41, 5.74) is 0.407. The van der Waals surface area contributed by atoms with Crippen LogP contribution in [0.5, 0.6) is 0 Å². The summed E-state index contributed by atoms with van der Waals surface area (Å²) in [6.45, 7) is 2.21. The van der Waals surface area contributed by atoms with Crippen molar-refractivity contribution in [1.82, 2.24) is 0 Å². The van der Waals surface area contributed by atoms with Crippen LogP contribution in [0, 0.1) is 0 Å². The van der Waals surface area contributed by atoms with E-state index in [-0.39, 0.29) is 23.5 Å². The molecule has 5 heteroatoms. The molecule has 1 atom stereocenters. The van der Waals surface area contributed by atoms with E-state index < -0.39 is 11.9 Å². The zero-order valence-electron chi connectivity index (χ0n) is 18.2. The van der Waals surface area contributed by atoms with E-state index in [0.29, 0.717) is 12.0 Å². The summed E-state index contributed by atoms with van der Waals surface area (Å²) in [6.07, 6.45) is 15.8. The fraction of sp³-hybridized carbons (Fsp3) is 0.680. The lowest BCUT2D eigenvalue weighted by molar-refractivity contribution is -0.138. The van der Waals surface area contributed by atoms with Gasteiger partial charge in [-0.05, 0) is 31.4 Å². The van der Waals surface area contributed by atoms with Crippen LogP contribution < -0.4 is 0 Å². The van der Waals surface area contributed by atoms with Crippen molar-refractivity contribution in [3.63, 3.8) is 0 Å². The van der Waals surface area contributed by atoms with Gasteiger partial charge < -0.3 is 9.84 Å². The number of aliphatic hydroxyl groups is 1.